The number of anilines is 2. The van der Waals surface area contributed by atoms with Crippen LogP contribution in [0.15, 0.2) is 66.3 Å². The highest BCUT2D eigenvalue weighted by Crippen LogP contribution is 2.27. The molecule has 7 heteroatoms. The molecule has 0 aliphatic heterocycles. The number of carbonyl (C=O) groups is 1. The van der Waals surface area contributed by atoms with E-state index in [0.717, 1.165) is 22.8 Å². The molecule has 0 aliphatic carbocycles. The van der Waals surface area contributed by atoms with Crippen LogP contribution < -0.4 is 10.2 Å². The molecule has 1 N–H and O–H groups in total. The Morgan fingerprint density at radius 2 is 1.94 bits per heavy atom. The molecular weight excluding hydrogens is 406 g/mol. The lowest BCUT2D eigenvalue weighted by atomic mass is 10.0. The fourth-order valence-corrected chi connectivity index (χ4v) is 3.85. The van der Waals surface area contributed by atoms with E-state index in [0.29, 0.717) is 17.6 Å². The lowest BCUT2D eigenvalue weighted by Crippen LogP contribution is -2.14. The molecule has 1 aromatic heterocycles. The number of nitrogens with zero attached hydrogens (tertiary/aromatic N) is 4. The monoisotopic (exact) mass is 435 g/mol. The third-order valence-corrected chi connectivity index (χ3v) is 5.81. The maximum Gasteiger partial charge on any atom is 0.234 e. The molecule has 0 aliphatic rings. The van der Waals surface area contributed by atoms with Gasteiger partial charge in [0.1, 0.15) is 0 Å². The predicted molar refractivity (Wildman–Crippen MR) is 130 cm³/mol. The first-order valence-corrected chi connectivity index (χ1v) is 11.2. The average molecular weight is 436 g/mol. The zero-order valence-electron chi connectivity index (χ0n) is 18.5. The molecule has 3 rings (SSSR count). The van der Waals surface area contributed by atoms with Crippen LogP contribution in [0.2, 0.25) is 0 Å². The molecule has 0 unspecified atom stereocenters. The summed E-state index contributed by atoms with van der Waals surface area (Å²) >= 11 is 1.37. The molecule has 162 valence electrons. The van der Waals surface area contributed by atoms with Crippen LogP contribution in [0.5, 0.6) is 0 Å². The van der Waals surface area contributed by atoms with Crippen LogP contribution in [0.25, 0.3) is 11.4 Å². The van der Waals surface area contributed by atoms with Gasteiger partial charge in [-0.3, -0.25) is 9.36 Å². The number of hydrogen-bond acceptors (Lipinski definition) is 5. The van der Waals surface area contributed by atoms with Gasteiger partial charge in [0.15, 0.2) is 11.0 Å². The van der Waals surface area contributed by atoms with Crippen molar-refractivity contribution in [2.45, 2.75) is 31.5 Å². The van der Waals surface area contributed by atoms with Gasteiger partial charge in [-0.05, 0) is 35.7 Å². The van der Waals surface area contributed by atoms with Crippen molar-refractivity contribution in [3.8, 4) is 11.4 Å². The molecule has 0 spiro atoms. The predicted octanol–water partition coefficient (Wildman–Crippen LogP) is 5.05. The quantitative estimate of drug-likeness (QED) is 0.376. The highest BCUT2D eigenvalue weighted by Gasteiger charge is 2.15. The van der Waals surface area contributed by atoms with Crippen LogP contribution in [-0.2, 0) is 11.3 Å². The minimum absolute atomic E-state index is 0.0772. The largest absolute Gasteiger partial charge is 0.378 e. The molecule has 1 amide bonds. The summed E-state index contributed by atoms with van der Waals surface area (Å²) in [5.41, 5.74) is 4.10. The van der Waals surface area contributed by atoms with Crippen LogP contribution in [0.3, 0.4) is 0 Å². The first kappa shape index (κ1) is 22.6. The van der Waals surface area contributed by atoms with Crippen LogP contribution in [0.1, 0.15) is 25.3 Å². The van der Waals surface area contributed by atoms with Crippen molar-refractivity contribution >= 4 is 29.0 Å². The summed E-state index contributed by atoms with van der Waals surface area (Å²) in [5.74, 6) is 1.39. The van der Waals surface area contributed by atoms with Gasteiger partial charge in [0.05, 0.1) is 5.75 Å². The van der Waals surface area contributed by atoms with E-state index in [4.69, 9.17) is 0 Å². The number of thioether (sulfide) groups is 1. The first-order chi connectivity index (χ1) is 14.9. The number of hydrogen-bond donors (Lipinski definition) is 1. The second-order valence-electron chi connectivity index (χ2n) is 7.76. The van der Waals surface area contributed by atoms with Gasteiger partial charge in [0.25, 0.3) is 0 Å². The summed E-state index contributed by atoms with van der Waals surface area (Å²) in [4.78, 5) is 14.5. The third-order valence-electron chi connectivity index (χ3n) is 4.84. The second-order valence-corrected chi connectivity index (χ2v) is 8.71. The van der Waals surface area contributed by atoms with Gasteiger partial charge in [0, 0.05) is 37.6 Å². The summed E-state index contributed by atoms with van der Waals surface area (Å²) in [6, 6.07) is 16.1. The van der Waals surface area contributed by atoms with Crippen LogP contribution >= 0.6 is 11.8 Å². The van der Waals surface area contributed by atoms with Crippen LogP contribution in [-0.4, -0.2) is 40.5 Å². The smallest absolute Gasteiger partial charge is 0.234 e. The van der Waals surface area contributed by atoms with E-state index in [2.05, 4.69) is 42.0 Å². The Bertz CT molecular complexity index is 1040. The summed E-state index contributed by atoms with van der Waals surface area (Å²) in [6.45, 7) is 8.71. The van der Waals surface area contributed by atoms with Crippen molar-refractivity contribution < 1.29 is 4.79 Å². The van der Waals surface area contributed by atoms with E-state index in [-0.39, 0.29) is 11.7 Å². The zero-order valence-corrected chi connectivity index (χ0v) is 19.3. The van der Waals surface area contributed by atoms with Crippen molar-refractivity contribution in [3.63, 3.8) is 0 Å². The van der Waals surface area contributed by atoms with E-state index in [1.165, 1.54) is 17.3 Å². The number of rotatable bonds is 9. The maximum absolute atomic E-state index is 12.5. The Kier molecular flexibility index (Phi) is 7.52. The Balaban J connectivity index is 1.71. The van der Waals surface area contributed by atoms with E-state index >= 15 is 0 Å². The molecule has 2 aromatic carbocycles. The molecule has 0 saturated heterocycles. The van der Waals surface area contributed by atoms with Gasteiger partial charge in [-0.15, -0.1) is 16.8 Å². The summed E-state index contributed by atoms with van der Waals surface area (Å²) < 4.78 is 1.98. The fraction of sp³-hybridized carbons (Fsp3) is 0.292. The van der Waals surface area contributed by atoms with E-state index in [1.807, 2.05) is 72.1 Å². The second kappa shape index (κ2) is 10.3. The lowest BCUT2D eigenvalue weighted by molar-refractivity contribution is -0.113. The SMILES string of the molecule is C=CCn1c(SCC(=O)Nc2ccc(C(C)C)cc2)nnc1-c1cccc(N(C)C)c1. The molecular formula is C24H29N5OS. The van der Waals surface area contributed by atoms with E-state index in [9.17, 15) is 4.79 Å². The Hall–Kier alpha value is -3.06. The first-order valence-electron chi connectivity index (χ1n) is 10.2. The third kappa shape index (κ3) is 5.76. The topological polar surface area (TPSA) is 63.1 Å². The standard InChI is InChI=1S/C24H29N5OS/c1-6-14-29-23(19-8-7-9-21(15-19)28(4)5)26-27-24(29)31-16-22(30)25-20-12-10-18(11-13-20)17(2)3/h6-13,15,17H,1,14,16H2,2-5H3,(H,25,30). The van der Waals surface area contributed by atoms with Gasteiger partial charge in [-0.25, -0.2) is 0 Å². The van der Waals surface area contributed by atoms with Gasteiger partial charge < -0.3 is 10.2 Å². The molecule has 0 saturated carbocycles. The molecule has 0 fully saturated rings. The number of amides is 1. The molecule has 0 atom stereocenters. The number of allylic oxidation sites excluding steroid dienone is 1. The molecule has 31 heavy (non-hydrogen) atoms. The van der Waals surface area contributed by atoms with Crippen molar-refractivity contribution in [2.24, 2.45) is 0 Å². The van der Waals surface area contributed by atoms with Crippen molar-refractivity contribution in [2.75, 3.05) is 30.1 Å². The van der Waals surface area contributed by atoms with Crippen molar-refractivity contribution in [3.05, 3.63) is 66.7 Å². The maximum atomic E-state index is 12.5. The molecule has 6 nitrogen and oxygen atoms in total. The number of nitrogens with one attached hydrogen (secondary N) is 1. The van der Waals surface area contributed by atoms with Crippen LogP contribution in [0, 0.1) is 0 Å². The minimum Gasteiger partial charge on any atom is -0.378 e. The highest BCUT2D eigenvalue weighted by molar-refractivity contribution is 7.99. The Morgan fingerprint density at radius 1 is 1.19 bits per heavy atom. The summed E-state index contributed by atoms with van der Waals surface area (Å²) in [6.07, 6.45) is 1.81. The van der Waals surface area contributed by atoms with Crippen molar-refractivity contribution in [1.29, 1.82) is 0 Å². The number of aromatic nitrogens is 3. The summed E-state index contributed by atoms with van der Waals surface area (Å²) in [5, 5.41) is 12.4. The van der Waals surface area contributed by atoms with Gasteiger partial charge >= 0.3 is 0 Å². The van der Waals surface area contributed by atoms with Crippen molar-refractivity contribution in [1.82, 2.24) is 14.8 Å². The normalized spacial score (nSPS) is 10.9. The fourth-order valence-electron chi connectivity index (χ4n) is 3.10. The summed E-state index contributed by atoms with van der Waals surface area (Å²) in [7, 11) is 4.01. The Labute approximate surface area is 188 Å². The van der Waals surface area contributed by atoms with Gasteiger partial charge in [-0.1, -0.05) is 56.0 Å². The molecule has 1 heterocycles. The average Bonchev–Trinajstić information content (AvgIpc) is 3.15. The number of benzene rings is 2. The van der Waals surface area contributed by atoms with E-state index < -0.39 is 0 Å². The lowest BCUT2D eigenvalue weighted by Gasteiger charge is -2.14. The molecule has 3 aromatic rings. The zero-order chi connectivity index (χ0) is 22.4. The molecule has 0 bridgehead atoms. The Morgan fingerprint density at radius 3 is 2.58 bits per heavy atom. The minimum atomic E-state index is -0.0772. The van der Waals surface area contributed by atoms with Gasteiger partial charge in [-0.2, -0.15) is 0 Å². The highest BCUT2D eigenvalue weighted by atomic mass is 32.2. The number of carbonyl (C=O) groups excluding carboxylic acids is 1. The van der Waals surface area contributed by atoms with Crippen LogP contribution in [0.4, 0.5) is 11.4 Å². The van der Waals surface area contributed by atoms with E-state index in [1.54, 1.807) is 0 Å². The van der Waals surface area contributed by atoms with Gasteiger partial charge in [0.2, 0.25) is 5.91 Å². The molecule has 0 radical (unpaired) electrons.